The molecule has 0 radical (unpaired) electrons. The summed E-state index contributed by atoms with van der Waals surface area (Å²) in [6.07, 6.45) is 0.510. The molecule has 92 valence electrons. The zero-order valence-corrected chi connectivity index (χ0v) is 10.7. The van der Waals surface area contributed by atoms with Crippen molar-refractivity contribution in [2.24, 2.45) is 0 Å². The number of Topliss-reactive ketones (excluding diaryl/α,β-unsaturated/α-hetero) is 1. The molecule has 1 unspecified atom stereocenters. The second-order valence-electron chi connectivity index (χ2n) is 4.85. The van der Waals surface area contributed by atoms with Crippen LogP contribution >= 0.6 is 0 Å². The Balaban J connectivity index is 2.05. The van der Waals surface area contributed by atoms with E-state index in [0.717, 1.165) is 18.7 Å². The van der Waals surface area contributed by atoms with E-state index in [1.165, 1.54) is 11.1 Å². The van der Waals surface area contributed by atoms with Crippen LogP contribution < -0.4 is 4.74 Å². The SMILES string of the molecule is Cc1ccc(OC2CCN(C)CC2=O)cc1C. The van der Waals surface area contributed by atoms with Crippen molar-refractivity contribution < 1.29 is 9.53 Å². The van der Waals surface area contributed by atoms with Crippen LogP contribution in [0.2, 0.25) is 0 Å². The largest absolute Gasteiger partial charge is 0.483 e. The van der Waals surface area contributed by atoms with Gasteiger partial charge in [0.2, 0.25) is 0 Å². The summed E-state index contributed by atoms with van der Waals surface area (Å²) in [4.78, 5) is 13.8. The Morgan fingerprint density at radius 1 is 1.29 bits per heavy atom. The third-order valence-corrected chi connectivity index (χ3v) is 3.31. The van der Waals surface area contributed by atoms with Crippen LogP contribution in [-0.4, -0.2) is 36.9 Å². The molecule has 0 spiro atoms. The van der Waals surface area contributed by atoms with E-state index in [1.807, 2.05) is 30.1 Å². The lowest BCUT2D eigenvalue weighted by Crippen LogP contribution is -2.44. The van der Waals surface area contributed by atoms with E-state index in [9.17, 15) is 4.79 Å². The van der Waals surface area contributed by atoms with Crippen LogP contribution in [0.3, 0.4) is 0 Å². The molecule has 1 fully saturated rings. The number of benzene rings is 1. The first-order valence-electron chi connectivity index (χ1n) is 6.01. The molecule has 1 aliphatic rings. The van der Waals surface area contributed by atoms with Crippen molar-refractivity contribution in [1.29, 1.82) is 0 Å². The molecule has 2 rings (SSSR count). The number of ketones is 1. The van der Waals surface area contributed by atoms with Gasteiger partial charge in [-0.25, -0.2) is 0 Å². The van der Waals surface area contributed by atoms with Gasteiger partial charge in [0.1, 0.15) is 5.75 Å². The Hall–Kier alpha value is -1.35. The monoisotopic (exact) mass is 233 g/mol. The van der Waals surface area contributed by atoms with Gasteiger partial charge >= 0.3 is 0 Å². The van der Waals surface area contributed by atoms with E-state index in [4.69, 9.17) is 4.74 Å². The number of nitrogens with zero attached hydrogens (tertiary/aromatic N) is 1. The normalized spacial score (nSPS) is 21.6. The number of likely N-dealkylation sites (tertiary alicyclic amines) is 1. The number of rotatable bonds is 2. The third kappa shape index (κ3) is 2.86. The van der Waals surface area contributed by atoms with E-state index in [-0.39, 0.29) is 11.9 Å². The molecule has 1 heterocycles. The number of piperidine rings is 1. The first kappa shape index (κ1) is 12.1. The number of carbonyl (C=O) groups excluding carboxylic acids is 1. The van der Waals surface area contributed by atoms with Crippen LogP contribution in [0.5, 0.6) is 5.75 Å². The van der Waals surface area contributed by atoms with Crippen LogP contribution in [0.15, 0.2) is 18.2 Å². The fourth-order valence-corrected chi connectivity index (χ4v) is 2.02. The standard InChI is InChI=1S/C14H19NO2/c1-10-4-5-12(8-11(10)2)17-14-6-7-15(3)9-13(14)16/h4-5,8,14H,6-7,9H2,1-3H3. The molecule has 3 nitrogen and oxygen atoms in total. The number of hydrogen-bond acceptors (Lipinski definition) is 3. The van der Waals surface area contributed by atoms with Crippen LogP contribution in [-0.2, 0) is 4.79 Å². The van der Waals surface area contributed by atoms with Crippen molar-refractivity contribution in [2.75, 3.05) is 20.1 Å². The van der Waals surface area contributed by atoms with E-state index in [0.29, 0.717) is 6.54 Å². The van der Waals surface area contributed by atoms with E-state index in [1.54, 1.807) is 0 Å². The smallest absolute Gasteiger partial charge is 0.187 e. The van der Waals surface area contributed by atoms with Gasteiger partial charge in [-0.1, -0.05) is 6.07 Å². The van der Waals surface area contributed by atoms with Crippen LogP contribution in [0.4, 0.5) is 0 Å². The van der Waals surface area contributed by atoms with Crippen molar-refractivity contribution in [3.8, 4) is 5.75 Å². The Morgan fingerprint density at radius 2 is 2.06 bits per heavy atom. The Bertz CT molecular complexity index is 428. The van der Waals surface area contributed by atoms with Gasteiger partial charge in [-0.2, -0.15) is 0 Å². The molecule has 1 saturated heterocycles. The van der Waals surface area contributed by atoms with Crippen molar-refractivity contribution in [1.82, 2.24) is 4.90 Å². The number of hydrogen-bond donors (Lipinski definition) is 0. The van der Waals surface area contributed by atoms with Crippen LogP contribution in [0.25, 0.3) is 0 Å². The summed E-state index contributed by atoms with van der Waals surface area (Å²) < 4.78 is 5.78. The lowest BCUT2D eigenvalue weighted by atomic mass is 10.1. The molecular weight excluding hydrogens is 214 g/mol. The quantitative estimate of drug-likeness (QED) is 0.782. The molecule has 1 aromatic carbocycles. The third-order valence-electron chi connectivity index (χ3n) is 3.31. The number of carbonyl (C=O) groups is 1. The molecule has 1 atom stereocenters. The minimum absolute atomic E-state index is 0.178. The molecule has 0 aromatic heterocycles. The molecule has 1 aliphatic heterocycles. The molecule has 17 heavy (non-hydrogen) atoms. The second-order valence-corrected chi connectivity index (χ2v) is 4.85. The molecule has 0 N–H and O–H groups in total. The van der Waals surface area contributed by atoms with Crippen molar-refractivity contribution in [2.45, 2.75) is 26.4 Å². The predicted octanol–water partition coefficient (Wildman–Crippen LogP) is 1.96. The van der Waals surface area contributed by atoms with Crippen molar-refractivity contribution in [3.05, 3.63) is 29.3 Å². The Morgan fingerprint density at radius 3 is 2.71 bits per heavy atom. The maximum Gasteiger partial charge on any atom is 0.187 e. The summed E-state index contributed by atoms with van der Waals surface area (Å²) in [5.74, 6) is 0.980. The zero-order chi connectivity index (χ0) is 12.4. The minimum atomic E-state index is -0.270. The summed E-state index contributed by atoms with van der Waals surface area (Å²) in [6, 6.07) is 5.97. The summed E-state index contributed by atoms with van der Waals surface area (Å²) in [5.41, 5.74) is 2.44. The van der Waals surface area contributed by atoms with Gasteiger partial charge in [0.25, 0.3) is 0 Å². The van der Waals surface area contributed by atoms with E-state index >= 15 is 0 Å². The number of ether oxygens (including phenoxy) is 1. The maximum absolute atomic E-state index is 11.8. The van der Waals surface area contributed by atoms with Crippen LogP contribution in [0.1, 0.15) is 17.5 Å². The highest BCUT2D eigenvalue weighted by Gasteiger charge is 2.26. The molecule has 3 heteroatoms. The van der Waals surface area contributed by atoms with Gasteiger partial charge < -0.3 is 4.74 Å². The highest BCUT2D eigenvalue weighted by Crippen LogP contribution is 2.20. The molecule has 0 bridgehead atoms. The first-order valence-corrected chi connectivity index (χ1v) is 6.01. The Kier molecular flexibility index (Phi) is 3.48. The molecule has 0 aliphatic carbocycles. The van der Waals surface area contributed by atoms with Gasteiger partial charge in [-0.3, -0.25) is 9.69 Å². The summed E-state index contributed by atoms with van der Waals surface area (Å²) in [6.45, 7) is 5.54. The average molecular weight is 233 g/mol. The van der Waals surface area contributed by atoms with E-state index in [2.05, 4.69) is 13.8 Å². The summed E-state index contributed by atoms with van der Waals surface area (Å²) in [5, 5.41) is 0. The van der Waals surface area contributed by atoms with Gasteiger partial charge in [0.05, 0.1) is 6.54 Å². The lowest BCUT2D eigenvalue weighted by molar-refractivity contribution is -0.129. The predicted molar refractivity (Wildman–Crippen MR) is 67.5 cm³/mol. The number of likely N-dealkylation sites (N-methyl/N-ethyl adjacent to an activating group) is 1. The highest BCUT2D eigenvalue weighted by atomic mass is 16.5. The van der Waals surface area contributed by atoms with Crippen LogP contribution in [0, 0.1) is 13.8 Å². The van der Waals surface area contributed by atoms with Gasteiger partial charge in [-0.05, 0) is 44.2 Å². The molecule has 0 saturated carbocycles. The average Bonchev–Trinajstić information content (AvgIpc) is 2.27. The Labute approximate surface area is 102 Å². The minimum Gasteiger partial charge on any atom is -0.483 e. The van der Waals surface area contributed by atoms with Gasteiger partial charge in [0, 0.05) is 13.0 Å². The topological polar surface area (TPSA) is 29.5 Å². The van der Waals surface area contributed by atoms with Crippen molar-refractivity contribution in [3.63, 3.8) is 0 Å². The van der Waals surface area contributed by atoms with E-state index < -0.39 is 0 Å². The lowest BCUT2D eigenvalue weighted by Gasteiger charge is -2.28. The molecule has 1 aromatic rings. The van der Waals surface area contributed by atoms with Gasteiger partial charge in [0.15, 0.2) is 11.9 Å². The second kappa shape index (κ2) is 4.88. The fraction of sp³-hybridized carbons (Fsp3) is 0.500. The summed E-state index contributed by atoms with van der Waals surface area (Å²) in [7, 11) is 1.96. The first-order chi connectivity index (χ1) is 8.06. The zero-order valence-electron chi connectivity index (χ0n) is 10.7. The molecule has 0 amide bonds. The summed E-state index contributed by atoms with van der Waals surface area (Å²) >= 11 is 0. The maximum atomic E-state index is 11.8. The number of aryl methyl sites for hydroxylation is 2. The molecular formula is C14H19NO2. The fourth-order valence-electron chi connectivity index (χ4n) is 2.02. The van der Waals surface area contributed by atoms with Gasteiger partial charge in [-0.15, -0.1) is 0 Å². The highest BCUT2D eigenvalue weighted by molar-refractivity contribution is 5.86. The van der Waals surface area contributed by atoms with Crippen molar-refractivity contribution >= 4 is 5.78 Å².